The molecule has 29 heavy (non-hydrogen) atoms. The lowest BCUT2D eigenvalue weighted by Crippen LogP contribution is -2.30. The summed E-state index contributed by atoms with van der Waals surface area (Å²) in [6, 6.07) is 3.63. The Labute approximate surface area is 176 Å². The van der Waals surface area contributed by atoms with Crippen LogP contribution in [0.4, 0.5) is 17.1 Å². The Morgan fingerprint density at radius 3 is 2.41 bits per heavy atom. The summed E-state index contributed by atoms with van der Waals surface area (Å²) in [7, 11) is -3.40. The van der Waals surface area contributed by atoms with Gasteiger partial charge in [0.1, 0.15) is 0 Å². The number of benzene rings is 1. The average molecular weight is 424 g/mol. The van der Waals surface area contributed by atoms with Crippen LogP contribution in [0.1, 0.15) is 77.7 Å². The molecule has 1 aromatic carbocycles. The molecule has 0 bridgehead atoms. The molecule has 0 spiro atoms. The number of hydrogen-bond acceptors (Lipinski definition) is 4. The van der Waals surface area contributed by atoms with Crippen molar-refractivity contribution in [3.8, 4) is 0 Å². The van der Waals surface area contributed by atoms with Gasteiger partial charge in [-0.3, -0.25) is 9.52 Å². The van der Waals surface area contributed by atoms with E-state index in [1.807, 2.05) is 19.9 Å². The van der Waals surface area contributed by atoms with Crippen LogP contribution in [0.5, 0.6) is 0 Å². The summed E-state index contributed by atoms with van der Waals surface area (Å²) >= 11 is 0. The predicted molar refractivity (Wildman–Crippen MR) is 122 cm³/mol. The highest BCUT2D eigenvalue weighted by Gasteiger charge is 2.28. The Morgan fingerprint density at radius 1 is 1.10 bits per heavy atom. The maximum atomic E-state index is 12.9. The molecule has 7 heteroatoms. The number of carbonyl (C=O) groups excluding carboxylic acids is 1. The molecule has 0 unspecified atom stereocenters. The van der Waals surface area contributed by atoms with Gasteiger partial charge in [0.25, 0.3) is 0 Å². The molecule has 0 aliphatic carbocycles. The van der Waals surface area contributed by atoms with Gasteiger partial charge in [0.05, 0.1) is 17.6 Å². The van der Waals surface area contributed by atoms with Gasteiger partial charge < -0.3 is 10.6 Å². The summed E-state index contributed by atoms with van der Waals surface area (Å²) in [6.07, 6.45) is 11.4. The van der Waals surface area contributed by atoms with Gasteiger partial charge in [-0.05, 0) is 30.5 Å². The number of carbonyl (C=O) groups is 1. The van der Waals surface area contributed by atoms with Gasteiger partial charge in [-0.25, -0.2) is 8.42 Å². The topological polar surface area (TPSA) is 87.3 Å². The number of amides is 1. The molecule has 6 nitrogen and oxygen atoms in total. The van der Waals surface area contributed by atoms with Crippen LogP contribution in [0.2, 0.25) is 0 Å². The van der Waals surface area contributed by atoms with E-state index in [0.29, 0.717) is 11.4 Å². The first-order valence-electron chi connectivity index (χ1n) is 10.8. The van der Waals surface area contributed by atoms with E-state index in [0.717, 1.165) is 49.7 Å². The highest BCUT2D eigenvalue weighted by Crippen LogP contribution is 2.35. The molecule has 0 saturated heterocycles. The van der Waals surface area contributed by atoms with Gasteiger partial charge in [0.2, 0.25) is 15.9 Å². The molecule has 0 fully saturated rings. The highest BCUT2D eigenvalue weighted by atomic mass is 32.2. The van der Waals surface area contributed by atoms with E-state index in [4.69, 9.17) is 0 Å². The van der Waals surface area contributed by atoms with Crippen LogP contribution in [0.25, 0.3) is 0 Å². The second-order valence-corrected chi connectivity index (χ2v) is 10.6. The second-order valence-electron chi connectivity index (χ2n) is 8.82. The molecule has 3 N–H and O–H groups in total. The molecule has 0 saturated carbocycles. The molecule has 0 atom stereocenters. The zero-order valence-corrected chi connectivity index (χ0v) is 19.2. The summed E-state index contributed by atoms with van der Waals surface area (Å²) < 4.78 is 25.9. The van der Waals surface area contributed by atoms with E-state index in [2.05, 4.69) is 22.3 Å². The van der Waals surface area contributed by atoms with Gasteiger partial charge >= 0.3 is 0 Å². The molecule has 0 radical (unpaired) electrons. The third kappa shape index (κ3) is 7.53. The smallest absolute Gasteiger partial charge is 0.230 e. The van der Waals surface area contributed by atoms with Crippen molar-refractivity contribution >= 4 is 33.0 Å². The SMILES string of the molecule is CCCCCCCCCC(C)(C)C(=O)Nc1cc2c(c(NS(C)(=O)=O)c1)NCC2. The van der Waals surface area contributed by atoms with Gasteiger partial charge in [-0.1, -0.05) is 65.7 Å². The molecule has 1 aliphatic heterocycles. The molecule has 1 aromatic rings. The van der Waals surface area contributed by atoms with E-state index in [9.17, 15) is 13.2 Å². The maximum absolute atomic E-state index is 12.9. The van der Waals surface area contributed by atoms with Gasteiger partial charge in [-0.2, -0.15) is 0 Å². The van der Waals surface area contributed by atoms with Crippen LogP contribution in [-0.4, -0.2) is 27.1 Å². The molecular formula is C22H37N3O3S. The maximum Gasteiger partial charge on any atom is 0.230 e. The molecule has 2 rings (SSSR count). The lowest BCUT2D eigenvalue weighted by atomic mass is 9.85. The molecule has 1 heterocycles. The Kier molecular flexibility index (Phi) is 8.37. The van der Waals surface area contributed by atoms with Crippen LogP contribution in [0, 0.1) is 5.41 Å². The van der Waals surface area contributed by atoms with E-state index in [-0.39, 0.29) is 5.91 Å². The number of fused-ring (bicyclic) bond motifs is 1. The standard InChI is InChI=1S/C22H37N3O3S/c1-5-6-7-8-9-10-11-13-22(2,3)21(26)24-18-15-17-12-14-23-20(17)19(16-18)25-29(4,27)28/h15-16,23,25H,5-14H2,1-4H3,(H,24,26). The Bertz CT molecular complexity index is 804. The molecule has 1 amide bonds. The van der Waals surface area contributed by atoms with Crippen molar-refractivity contribution < 1.29 is 13.2 Å². The van der Waals surface area contributed by atoms with Crippen molar-refractivity contribution in [1.82, 2.24) is 0 Å². The summed E-state index contributed by atoms with van der Waals surface area (Å²) in [5.41, 5.74) is 2.47. The first-order chi connectivity index (χ1) is 13.6. The summed E-state index contributed by atoms with van der Waals surface area (Å²) in [6.45, 7) is 6.93. The number of hydrogen-bond donors (Lipinski definition) is 3. The van der Waals surface area contributed by atoms with Crippen LogP contribution >= 0.6 is 0 Å². The zero-order valence-electron chi connectivity index (χ0n) is 18.4. The highest BCUT2D eigenvalue weighted by molar-refractivity contribution is 7.92. The van der Waals surface area contributed by atoms with Crippen molar-refractivity contribution in [3.63, 3.8) is 0 Å². The second kappa shape index (κ2) is 10.3. The third-order valence-corrected chi connectivity index (χ3v) is 6.08. The lowest BCUT2D eigenvalue weighted by molar-refractivity contribution is -0.124. The van der Waals surface area contributed by atoms with Crippen molar-refractivity contribution in [2.45, 2.75) is 78.6 Å². The normalized spacial score (nSPS) is 13.7. The Hall–Kier alpha value is -1.76. The van der Waals surface area contributed by atoms with Gasteiger partial charge in [-0.15, -0.1) is 0 Å². The minimum atomic E-state index is -3.40. The Morgan fingerprint density at radius 2 is 1.76 bits per heavy atom. The first kappa shape index (κ1) is 23.5. The summed E-state index contributed by atoms with van der Waals surface area (Å²) in [4.78, 5) is 12.9. The van der Waals surface area contributed by atoms with Crippen LogP contribution in [0.3, 0.4) is 0 Å². The first-order valence-corrected chi connectivity index (χ1v) is 12.7. The zero-order chi connectivity index (χ0) is 21.5. The molecule has 0 aromatic heterocycles. The van der Waals surface area contributed by atoms with Gasteiger partial charge in [0.15, 0.2) is 0 Å². The summed E-state index contributed by atoms with van der Waals surface area (Å²) in [5, 5.41) is 6.22. The largest absolute Gasteiger partial charge is 0.383 e. The fourth-order valence-corrected chi connectivity index (χ4v) is 4.28. The monoisotopic (exact) mass is 423 g/mol. The van der Waals surface area contributed by atoms with E-state index < -0.39 is 15.4 Å². The van der Waals surface area contributed by atoms with Crippen molar-refractivity contribution in [2.75, 3.05) is 28.2 Å². The predicted octanol–water partition coefficient (Wildman–Crippen LogP) is 5.13. The van der Waals surface area contributed by atoms with Crippen LogP contribution < -0.4 is 15.4 Å². The summed E-state index contributed by atoms with van der Waals surface area (Å²) in [5.74, 6) is -0.0281. The number of unbranched alkanes of at least 4 members (excludes halogenated alkanes) is 6. The number of sulfonamides is 1. The number of rotatable bonds is 12. The number of nitrogens with one attached hydrogen (secondary N) is 3. The fraction of sp³-hybridized carbons (Fsp3) is 0.682. The molecule has 1 aliphatic rings. The quantitative estimate of drug-likeness (QED) is 0.407. The van der Waals surface area contributed by atoms with E-state index in [1.165, 1.54) is 32.1 Å². The van der Waals surface area contributed by atoms with Gasteiger partial charge in [0, 0.05) is 17.6 Å². The molecule has 164 valence electrons. The van der Waals surface area contributed by atoms with Crippen LogP contribution in [-0.2, 0) is 21.2 Å². The van der Waals surface area contributed by atoms with Crippen molar-refractivity contribution in [1.29, 1.82) is 0 Å². The van der Waals surface area contributed by atoms with Crippen molar-refractivity contribution in [3.05, 3.63) is 17.7 Å². The minimum Gasteiger partial charge on any atom is -0.383 e. The average Bonchev–Trinajstić information content (AvgIpc) is 3.08. The molecular weight excluding hydrogens is 386 g/mol. The number of anilines is 3. The minimum absolute atomic E-state index is 0.0281. The lowest BCUT2D eigenvalue weighted by Gasteiger charge is -2.24. The fourth-order valence-electron chi connectivity index (χ4n) is 3.72. The third-order valence-electron chi connectivity index (χ3n) is 5.49. The van der Waals surface area contributed by atoms with Crippen molar-refractivity contribution in [2.24, 2.45) is 5.41 Å². The van der Waals surface area contributed by atoms with Crippen LogP contribution in [0.15, 0.2) is 12.1 Å². The van der Waals surface area contributed by atoms with E-state index >= 15 is 0 Å². The van der Waals surface area contributed by atoms with E-state index in [1.54, 1.807) is 6.07 Å². The Balaban J connectivity index is 1.96.